The first-order valence-electron chi connectivity index (χ1n) is 8.09. The first-order chi connectivity index (χ1) is 12.1. The Kier molecular flexibility index (Phi) is 4.93. The number of furan rings is 1. The van der Waals surface area contributed by atoms with Crippen LogP contribution in [-0.4, -0.2) is 20.1 Å². The van der Waals surface area contributed by atoms with Crippen LogP contribution in [0.25, 0.3) is 11.0 Å². The first-order valence-corrected chi connectivity index (χ1v) is 8.09. The first kappa shape index (κ1) is 16.9. The van der Waals surface area contributed by atoms with Gasteiger partial charge in [-0.15, -0.1) is 0 Å². The van der Waals surface area contributed by atoms with Gasteiger partial charge in [0.15, 0.2) is 11.5 Å². The molecule has 5 heteroatoms. The normalized spacial score (nSPS) is 12.0. The van der Waals surface area contributed by atoms with Gasteiger partial charge in [-0.1, -0.05) is 24.3 Å². The summed E-state index contributed by atoms with van der Waals surface area (Å²) in [6.07, 6.45) is 0.255. The van der Waals surface area contributed by atoms with Crippen LogP contribution in [-0.2, 0) is 11.2 Å². The zero-order chi connectivity index (χ0) is 17.8. The van der Waals surface area contributed by atoms with E-state index in [1.54, 1.807) is 20.3 Å². The van der Waals surface area contributed by atoms with E-state index in [0.29, 0.717) is 11.5 Å². The predicted octanol–water partition coefficient (Wildman–Crippen LogP) is 3.87. The van der Waals surface area contributed by atoms with Gasteiger partial charge in [0.05, 0.1) is 26.7 Å². The van der Waals surface area contributed by atoms with Gasteiger partial charge in [-0.2, -0.15) is 0 Å². The molecule has 0 bridgehead atoms. The van der Waals surface area contributed by atoms with E-state index in [4.69, 9.17) is 13.9 Å². The van der Waals surface area contributed by atoms with Crippen LogP contribution >= 0.6 is 0 Å². The van der Waals surface area contributed by atoms with Crippen LogP contribution in [0.15, 0.2) is 52.9 Å². The van der Waals surface area contributed by atoms with E-state index in [9.17, 15) is 4.79 Å². The Balaban J connectivity index is 1.67. The highest BCUT2D eigenvalue weighted by Gasteiger charge is 2.15. The van der Waals surface area contributed by atoms with E-state index in [1.807, 2.05) is 49.4 Å². The van der Waals surface area contributed by atoms with Crippen molar-refractivity contribution >= 4 is 16.9 Å². The summed E-state index contributed by atoms with van der Waals surface area (Å²) in [6, 6.07) is 15.0. The molecule has 0 fully saturated rings. The maximum atomic E-state index is 12.3. The van der Waals surface area contributed by atoms with E-state index in [1.165, 1.54) is 0 Å². The van der Waals surface area contributed by atoms with Gasteiger partial charge in [0, 0.05) is 5.39 Å². The van der Waals surface area contributed by atoms with E-state index in [-0.39, 0.29) is 18.4 Å². The second-order valence-electron chi connectivity index (χ2n) is 5.84. The fourth-order valence-electron chi connectivity index (χ4n) is 2.76. The molecule has 3 rings (SSSR count). The fourth-order valence-corrected chi connectivity index (χ4v) is 2.76. The third-order valence-electron chi connectivity index (χ3n) is 4.06. The van der Waals surface area contributed by atoms with Gasteiger partial charge in [-0.25, -0.2) is 0 Å². The minimum absolute atomic E-state index is 0.0832. The van der Waals surface area contributed by atoms with Gasteiger partial charge in [0.2, 0.25) is 5.91 Å². The number of para-hydroxylation sites is 1. The Hall–Kier alpha value is -2.95. The molecule has 1 aromatic heterocycles. The highest BCUT2D eigenvalue weighted by Crippen LogP contribution is 2.28. The minimum Gasteiger partial charge on any atom is -0.493 e. The van der Waals surface area contributed by atoms with E-state index >= 15 is 0 Å². The number of benzene rings is 2. The van der Waals surface area contributed by atoms with Crippen molar-refractivity contribution in [2.45, 2.75) is 19.4 Å². The lowest BCUT2D eigenvalue weighted by atomic mass is 10.1. The van der Waals surface area contributed by atoms with Crippen molar-refractivity contribution < 1.29 is 18.7 Å². The summed E-state index contributed by atoms with van der Waals surface area (Å²) in [5.41, 5.74) is 1.67. The van der Waals surface area contributed by atoms with Gasteiger partial charge >= 0.3 is 0 Å². The van der Waals surface area contributed by atoms with Crippen LogP contribution in [0.1, 0.15) is 24.3 Å². The van der Waals surface area contributed by atoms with Gasteiger partial charge in [0.25, 0.3) is 0 Å². The molecule has 130 valence electrons. The molecule has 2 aromatic carbocycles. The summed E-state index contributed by atoms with van der Waals surface area (Å²) < 4.78 is 16.3. The van der Waals surface area contributed by atoms with Crippen LogP contribution < -0.4 is 14.8 Å². The number of ether oxygens (including phenoxy) is 2. The number of methoxy groups -OCH3 is 2. The van der Waals surface area contributed by atoms with Crippen LogP contribution in [0.3, 0.4) is 0 Å². The molecule has 1 atom stereocenters. The highest BCUT2D eigenvalue weighted by molar-refractivity contribution is 5.80. The molecule has 25 heavy (non-hydrogen) atoms. The standard InChI is InChI=1S/C20H21NO4/c1-13(18-12-15-6-4-5-7-16(15)25-18)21-20(22)11-14-8-9-17(23-2)19(10-14)24-3/h4-10,12-13H,11H2,1-3H3,(H,21,22)/t13-/m1/s1. The van der Waals surface area contributed by atoms with Crippen molar-refractivity contribution in [3.8, 4) is 11.5 Å². The van der Waals surface area contributed by atoms with Crippen LogP contribution in [0, 0.1) is 0 Å². The van der Waals surface area contributed by atoms with Crippen molar-refractivity contribution in [1.82, 2.24) is 5.32 Å². The number of carbonyl (C=O) groups excluding carboxylic acids is 1. The Morgan fingerprint density at radius 3 is 2.56 bits per heavy atom. The molecule has 5 nitrogen and oxygen atoms in total. The van der Waals surface area contributed by atoms with E-state index in [2.05, 4.69) is 5.32 Å². The molecule has 0 saturated heterocycles. The Bertz CT molecular complexity index is 851. The summed E-state index contributed by atoms with van der Waals surface area (Å²) in [7, 11) is 3.16. The number of carbonyl (C=O) groups is 1. The second-order valence-corrected chi connectivity index (χ2v) is 5.84. The third-order valence-corrected chi connectivity index (χ3v) is 4.06. The molecule has 0 aliphatic heterocycles. The van der Waals surface area contributed by atoms with E-state index in [0.717, 1.165) is 22.3 Å². The smallest absolute Gasteiger partial charge is 0.225 e. The van der Waals surface area contributed by atoms with E-state index < -0.39 is 0 Å². The topological polar surface area (TPSA) is 60.7 Å². The zero-order valence-electron chi connectivity index (χ0n) is 14.5. The quantitative estimate of drug-likeness (QED) is 0.740. The van der Waals surface area contributed by atoms with Crippen LogP contribution in [0.4, 0.5) is 0 Å². The molecule has 0 aliphatic rings. The number of fused-ring (bicyclic) bond motifs is 1. The lowest BCUT2D eigenvalue weighted by molar-refractivity contribution is -0.121. The molecule has 0 spiro atoms. The summed E-state index contributed by atoms with van der Waals surface area (Å²) >= 11 is 0. The van der Waals surface area contributed by atoms with Crippen LogP contribution in [0.5, 0.6) is 11.5 Å². The largest absolute Gasteiger partial charge is 0.493 e. The summed E-state index contributed by atoms with van der Waals surface area (Å²) in [5.74, 6) is 1.91. The summed E-state index contributed by atoms with van der Waals surface area (Å²) in [6.45, 7) is 1.91. The van der Waals surface area contributed by atoms with Crippen molar-refractivity contribution in [1.29, 1.82) is 0 Å². The molecule has 1 N–H and O–H groups in total. The molecule has 0 saturated carbocycles. The molecule has 0 radical (unpaired) electrons. The minimum atomic E-state index is -0.208. The summed E-state index contributed by atoms with van der Waals surface area (Å²) in [4.78, 5) is 12.3. The number of amides is 1. The Morgan fingerprint density at radius 2 is 1.84 bits per heavy atom. The van der Waals surface area contributed by atoms with Crippen molar-refractivity contribution in [2.24, 2.45) is 0 Å². The molecular weight excluding hydrogens is 318 g/mol. The fraction of sp³-hybridized carbons (Fsp3) is 0.250. The number of hydrogen-bond donors (Lipinski definition) is 1. The molecular formula is C20H21NO4. The van der Waals surface area contributed by atoms with Gasteiger partial charge in [-0.3, -0.25) is 4.79 Å². The van der Waals surface area contributed by atoms with Gasteiger partial charge in [-0.05, 0) is 36.8 Å². The molecule has 0 unspecified atom stereocenters. The number of rotatable bonds is 6. The molecule has 3 aromatic rings. The lowest BCUT2D eigenvalue weighted by Crippen LogP contribution is -2.27. The molecule has 1 heterocycles. The second kappa shape index (κ2) is 7.30. The molecule has 0 aliphatic carbocycles. The van der Waals surface area contributed by atoms with Crippen molar-refractivity contribution in [2.75, 3.05) is 14.2 Å². The Labute approximate surface area is 146 Å². The SMILES string of the molecule is COc1ccc(CC(=O)N[C@H](C)c2cc3ccccc3o2)cc1OC. The maximum Gasteiger partial charge on any atom is 0.225 e. The zero-order valence-corrected chi connectivity index (χ0v) is 14.5. The van der Waals surface area contributed by atoms with Crippen molar-refractivity contribution in [3.63, 3.8) is 0 Å². The maximum absolute atomic E-state index is 12.3. The number of hydrogen-bond acceptors (Lipinski definition) is 4. The predicted molar refractivity (Wildman–Crippen MR) is 96.0 cm³/mol. The van der Waals surface area contributed by atoms with Gasteiger partial charge < -0.3 is 19.2 Å². The van der Waals surface area contributed by atoms with Gasteiger partial charge in [0.1, 0.15) is 11.3 Å². The average molecular weight is 339 g/mol. The van der Waals surface area contributed by atoms with Crippen LogP contribution in [0.2, 0.25) is 0 Å². The Morgan fingerprint density at radius 1 is 1.08 bits per heavy atom. The monoisotopic (exact) mass is 339 g/mol. The van der Waals surface area contributed by atoms with Crippen molar-refractivity contribution in [3.05, 3.63) is 59.9 Å². The third kappa shape index (κ3) is 3.76. The number of nitrogens with one attached hydrogen (secondary N) is 1. The molecule has 1 amide bonds. The lowest BCUT2D eigenvalue weighted by Gasteiger charge is -2.12. The average Bonchev–Trinajstić information content (AvgIpc) is 3.05. The highest BCUT2D eigenvalue weighted by atomic mass is 16.5. The summed E-state index contributed by atoms with van der Waals surface area (Å²) in [5, 5.41) is 3.99.